The van der Waals surface area contributed by atoms with Crippen molar-refractivity contribution in [3.8, 4) is 0 Å². The Bertz CT molecular complexity index is 1060. The van der Waals surface area contributed by atoms with Gasteiger partial charge in [0.15, 0.2) is 0 Å². The average Bonchev–Trinajstić information content (AvgIpc) is 2.77. The van der Waals surface area contributed by atoms with Crippen molar-refractivity contribution in [3.63, 3.8) is 0 Å². The van der Waals surface area contributed by atoms with Crippen LogP contribution in [-0.2, 0) is 10.0 Å². The second-order valence-corrected chi connectivity index (χ2v) is 10.9. The van der Waals surface area contributed by atoms with E-state index < -0.39 is 10.0 Å². The van der Waals surface area contributed by atoms with Gasteiger partial charge in [-0.05, 0) is 45.3 Å². The highest BCUT2D eigenvalue weighted by Crippen LogP contribution is 2.32. The van der Waals surface area contributed by atoms with Crippen LogP contribution >= 0.6 is 31.9 Å². The summed E-state index contributed by atoms with van der Waals surface area (Å²) in [4.78, 5) is 2.67. The van der Waals surface area contributed by atoms with Gasteiger partial charge in [-0.2, -0.15) is 4.31 Å². The van der Waals surface area contributed by atoms with E-state index in [1.807, 2.05) is 18.2 Å². The minimum atomic E-state index is -3.56. The summed E-state index contributed by atoms with van der Waals surface area (Å²) in [6.07, 6.45) is 0. The van der Waals surface area contributed by atoms with Crippen molar-refractivity contribution in [2.24, 2.45) is 0 Å². The molecule has 0 radical (unpaired) electrons. The second kappa shape index (κ2) is 9.32. The lowest BCUT2D eigenvalue weighted by Crippen LogP contribution is -2.49. The molecule has 3 aromatic carbocycles. The van der Waals surface area contributed by atoms with Gasteiger partial charge in [0, 0.05) is 35.1 Å². The van der Waals surface area contributed by atoms with Gasteiger partial charge in [0.2, 0.25) is 10.0 Å². The number of hydrogen-bond acceptors (Lipinski definition) is 3. The van der Waals surface area contributed by atoms with Crippen LogP contribution in [0.25, 0.3) is 0 Å². The maximum atomic E-state index is 13.2. The summed E-state index contributed by atoms with van der Waals surface area (Å²) in [5.41, 5.74) is 2.43. The lowest BCUT2D eigenvalue weighted by atomic mass is 9.96. The molecular weight excluding hydrogens is 528 g/mol. The standard InChI is InChI=1S/C23H22Br2N2O2S/c24-20-11-12-21(25)22(17-20)30(28,29)27-15-13-26(14-16-27)23(18-7-3-1-4-8-18)19-9-5-2-6-10-19/h1-12,17,23H,13-16H2. The smallest absolute Gasteiger partial charge is 0.244 e. The Hall–Kier alpha value is -1.51. The summed E-state index contributed by atoms with van der Waals surface area (Å²) < 4.78 is 29.4. The second-order valence-electron chi connectivity index (χ2n) is 7.24. The number of hydrogen-bond donors (Lipinski definition) is 0. The van der Waals surface area contributed by atoms with Crippen LogP contribution in [0.4, 0.5) is 0 Å². The molecular formula is C23H22Br2N2O2S. The molecule has 1 saturated heterocycles. The third-order valence-corrected chi connectivity index (χ3v) is 8.77. The van der Waals surface area contributed by atoms with Gasteiger partial charge in [-0.3, -0.25) is 4.90 Å². The highest BCUT2D eigenvalue weighted by molar-refractivity contribution is 9.11. The highest BCUT2D eigenvalue weighted by atomic mass is 79.9. The van der Waals surface area contributed by atoms with Crippen molar-refractivity contribution in [1.29, 1.82) is 0 Å². The van der Waals surface area contributed by atoms with E-state index in [0.717, 1.165) is 4.47 Å². The number of sulfonamides is 1. The molecule has 4 rings (SSSR count). The Labute approximate surface area is 194 Å². The molecule has 0 bridgehead atoms. The van der Waals surface area contributed by atoms with Gasteiger partial charge in [-0.1, -0.05) is 76.6 Å². The summed E-state index contributed by atoms with van der Waals surface area (Å²) in [5.74, 6) is 0. The molecule has 156 valence electrons. The SMILES string of the molecule is O=S(=O)(c1cc(Br)ccc1Br)N1CCN(C(c2ccccc2)c2ccccc2)CC1. The molecule has 1 heterocycles. The summed E-state index contributed by atoms with van der Waals surface area (Å²) in [7, 11) is -3.56. The van der Waals surface area contributed by atoms with Crippen molar-refractivity contribution >= 4 is 41.9 Å². The number of benzene rings is 3. The number of nitrogens with zero attached hydrogens (tertiary/aromatic N) is 2. The first-order valence-corrected chi connectivity index (χ1v) is 12.8. The third-order valence-electron chi connectivity index (χ3n) is 5.38. The van der Waals surface area contributed by atoms with E-state index in [0.29, 0.717) is 35.5 Å². The summed E-state index contributed by atoms with van der Waals surface area (Å²) in [6.45, 7) is 2.24. The molecule has 3 aromatic rings. The molecule has 0 saturated carbocycles. The molecule has 0 aliphatic carbocycles. The van der Waals surface area contributed by atoms with E-state index in [9.17, 15) is 8.42 Å². The van der Waals surface area contributed by atoms with Gasteiger partial charge in [0.25, 0.3) is 0 Å². The van der Waals surface area contributed by atoms with Crippen LogP contribution in [0.5, 0.6) is 0 Å². The van der Waals surface area contributed by atoms with Gasteiger partial charge in [-0.15, -0.1) is 0 Å². The Kier molecular flexibility index (Phi) is 6.75. The Morgan fingerprint density at radius 1 is 0.733 bits per heavy atom. The van der Waals surface area contributed by atoms with E-state index in [1.54, 1.807) is 16.4 Å². The van der Waals surface area contributed by atoms with Crippen molar-refractivity contribution in [2.75, 3.05) is 26.2 Å². The van der Waals surface area contributed by atoms with Crippen LogP contribution in [-0.4, -0.2) is 43.8 Å². The zero-order valence-electron chi connectivity index (χ0n) is 16.3. The van der Waals surface area contributed by atoms with Gasteiger partial charge >= 0.3 is 0 Å². The third kappa shape index (κ3) is 4.55. The van der Waals surface area contributed by atoms with E-state index in [-0.39, 0.29) is 6.04 Å². The lowest BCUT2D eigenvalue weighted by molar-refractivity contribution is 0.156. The molecule has 1 fully saturated rings. The quantitative estimate of drug-likeness (QED) is 0.433. The van der Waals surface area contributed by atoms with Crippen LogP contribution < -0.4 is 0 Å². The molecule has 7 heteroatoms. The van der Waals surface area contributed by atoms with E-state index in [4.69, 9.17) is 0 Å². The van der Waals surface area contributed by atoms with Gasteiger partial charge in [0.05, 0.1) is 10.9 Å². The normalized spacial score (nSPS) is 16.1. The summed E-state index contributed by atoms with van der Waals surface area (Å²) in [6, 6.07) is 26.1. The zero-order valence-corrected chi connectivity index (χ0v) is 20.3. The average molecular weight is 550 g/mol. The molecule has 1 aliphatic heterocycles. The first-order valence-electron chi connectivity index (χ1n) is 9.76. The largest absolute Gasteiger partial charge is 0.290 e. The molecule has 0 N–H and O–H groups in total. The summed E-state index contributed by atoms with van der Waals surface area (Å²) >= 11 is 6.77. The van der Waals surface area contributed by atoms with Crippen molar-refractivity contribution in [2.45, 2.75) is 10.9 Å². The molecule has 30 heavy (non-hydrogen) atoms. The molecule has 0 unspecified atom stereocenters. The van der Waals surface area contributed by atoms with Gasteiger partial charge in [-0.25, -0.2) is 8.42 Å². The molecule has 0 atom stereocenters. The zero-order chi connectivity index (χ0) is 21.1. The Morgan fingerprint density at radius 3 is 1.80 bits per heavy atom. The van der Waals surface area contributed by atoms with E-state index in [2.05, 4.69) is 85.3 Å². The number of halogens is 2. The van der Waals surface area contributed by atoms with Crippen molar-refractivity contribution in [1.82, 2.24) is 9.21 Å². The molecule has 1 aliphatic rings. The van der Waals surface area contributed by atoms with Crippen molar-refractivity contribution in [3.05, 3.63) is 98.9 Å². The van der Waals surface area contributed by atoms with Crippen LogP contribution in [0.1, 0.15) is 17.2 Å². The molecule has 0 aromatic heterocycles. The minimum Gasteiger partial charge on any atom is -0.290 e. The molecule has 0 amide bonds. The maximum Gasteiger partial charge on any atom is 0.244 e. The van der Waals surface area contributed by atoms with E-state index in [1.165, 1.54) is 11.1 Å². The molecule has 0 spiro atoms. The van der Waals surface area contributed by atoms with Gasteiger partial charge < -0.3 is 0 Å². The predicted octanol–water partition coefficient (Wildman–Crippen LogP) is 5.31. The number of rotatable bonds is 5. The van der Waals surface area contributed by atoms with Crippen LogP contribution in [0, 0.1) is 0 Å². The first kappa shape index (κ1) is 21.7. The van der Waals surface area contributed by atoms with Crippen LogP contribution in [0.3, 0.4) is 0 Å². The minimum absolute atomic E-state index is 0.106. The fourth-order valence-corrected chi connectivity index (χ4v) is 6.79. The maximum absolute atomic E-state index is 13.2. The summed E-state index contributed by atoms with van der Waals surface area (Å²) in [5, 5.41) is 0. The number of piperazine rings is 1. The van der Waals surface area contributed by atoms with E-state index >= 15 is 0 Å². The predicted molar refractivity (Wildman–Crippen MR) is 127 cm³/mol. The fraction of sp³-hybridized carbons (Fsp3) is 0.217. The van der Waals surface area contributed by atoms with Gasteiger partial charge in [0.1, 0.15) is 0 Å². The highest BCUT2D eigenvalue weighted by Gasteiger charge is 2.33. The molecule has 4 nitrogen and oxygen atoms in total. The van der Waals surface area contributed by atoms with Crippen LogP contribution in [0.2, 0.25) is 0 Å². The van der Waals surface area contributed by atoms with Crippen molar-refractivity contribution < 1.29 is 8.42 Å². The Balaban J connectivity index is 1.57. The monoisotopic (exact) mass is 548 g/mol. The lowest BCUT2D eigenvalue weighted by Gasteiger charge is -2.39. The Morgan fingerprint density at radius 2 is 1.27 bits per heavy atom. The first-order chi connectivity index (χ1) is 14.5. The fourth-order valence-electron chi connectivity index (χ4n) is 3.90. The topological polar surface area (TPSA) is 40.6 Å². The van der Waals surface area contributed by atoms with Crippen LogP contribution in [0.15, 0.2) is 92.7 Å².